The fraction of sp³-hybridized carbons (Fsp3) is 0.286. The molecule has 3 nitrogen and oxygen atoms in total. The van der Waals surface area contributed by atoms with Crippen molar-refractivity contribution in [3.05, 3.63) is 35.4 Å². The molecule has 0 amide bonds. The molecule has 0 atom stereocenters. The lowest BCUT2D eigenvalue weighted by molar-refractivity contribution is -0.142. The Kier molecular flexibility index (Phi) is 5.47. The van der Waals surface area contributed by atoms with Gasteiger partial charge in [-0.1, -0.05) is 12.1 Å². The summed E-state index contributed by atoms with van der Waals surface area (Å²) in [7, 11) is 0. The number of rotatable bonds is 4. The first-order valence-corrected chi connectivity index (χ1v) is 6.76. The van der Waals surface area contributed by atoms with E-state index in [1.54, 1.807) is 25.6 Å². The highest BCUT2D eigenvalue weighted by molar-refractivity contribution is 7.98. The molecule has 4 heteroatoms. The highest BCUT2D eigenvalue weighted by Gasteiger charge is 2.12. The van der Waals surface area contributed by atoms with Crippen LogP contribution in [0.3, 0.4) is 0 Å². The summed E-state index contributed by atoms with van der Waals surface area (Å²) >= 11 is 1.64. The molecule has 0 aliphatic heterocycles. The Morgan fingerprint density at radius 3 is 2.44 bits per heavy atom. The van der Waals surface area contributed by atoms with E-state index in [1.165, 1.54) is 6.08 Å². The third kappa shape index (κ3) is 4.27. The number of hydrogen-bond donors (Lipinski definition) is 0. The maximum absolute atomic E-state index is 11.6. The van der Waals surface area contributed by atoms with Crippen molar-refractivity contribution in [2.24, 2.45) is 0 Å². The zero-order chi connectivity index (χ0) is 13.5. The molecule has 1 rings (SSSR count). The minimum absolute atomic E-state index is 0.0144. The van der Waals surface area contributed by atoms with Crippen LogP contribution in [0.25, 0.3) is 6.08 Å². The van der Waals surface area contributed by atoms with Crippen LogP contribution in [0.2, 0.25) is 0 Å². The van der Waals surface area contributed by atoms with Gasteiger partial charge in [-0.25, -0.2) is 4.79 Å². The summed E-state index contributed by atoms with van der Waals surface area (Å²) in [6, 6.07) is 9.49. The number of benzene rings is 1. The molecule has 0 unspecified atom stereocenters. The van der Waals surface area contributed by atoms with E-state index in [0.717, 1.165) is 10.5 Å². The highest BCUT2D eigenvalue weighted by atomic mass is 32.2. The number of ether oxygens (including phenoxy) is 1. The van der Waals surface area contributed by atoms with Crippen molar-refractivity contribution in [3.8, 4) is 6.07 Å². The topological polar surface area (TPSA) is 50.1 Å². The number of esters is 1. The summed E-state index contributed by atoms with van der Waals surface area (Å²) in [5.74, 6) is -0.582. The van der Waals surface area contributed by atoms with Crippen molar-refractivity contribution in [3.63, 3.8) is 0 Å². The van der Waals surface area contributed by atoms with Crippen molar-refractivity contribution in [2.45, 2.75) is 24.8 Å². The van der Waals surface area contributed by atoms with Crippen molar-refractivity contribution >= 4 is 23.8 Å². The molecular formula is C14H15NO2S. The molecule has 0 aliphatic carbocycles. The Balaban J connectivity index is 2.90. The highest BCUT2D eigenvalue weighted by Crippen LogP contribution is 2.16. The minimum Gasteiger partial charge on any atom is -0.459 e. The van der Waals surface area contributed by atoms with E-state index in [-0.39, 0.29) is 11.7 Å². The number of carbonyl (C=O) groups excluding carboxylic acids is 1. The fourth-order valence-corrected chi connectivity index (χ4v) is 1.69. The first-order valence-electron chi connectivity index (χ1n) is 5.53. The molecular weight excluding hydrogens is 246 g/mol. The van der Waals surface area contributed by atoms with Crippen molar-refractivity contribution < 1.29 is 9.53 Å². The molecule has 1 aromatic carbocycles. The first kappa shape index (κ1) is 14.3. The first-order chi connectivity index (χ1) is 8.56. The van der Waals surface area contributed by atoms with Crippen LogP contribution >= 0.6 is 11.8 Å². The Labute approximate surface area is 111 Å². The third-order valence-electron chi connectivity index (χ3n) is 2.11. The van der Waals surface area contributed by atoms with E-state index in [9.17, 15) is 4.79 Å². The molecule has 18 heavy (non-hydrogen) atoms. The Morgan fingerprint density at radius 2 is 2.00 bits per heavy atom. The second kappa shape index (κ2) is 6.87. The van der Waals surface area contributed by atoms with E-state index in [4.69, 9.17) is 10.00 Å². The average molecular weight is 261 g/mol. The molecule has 0 aliphatic rings. The largest absolute Gasteiger partial charge is 0.459 e. The molecule has 0 bridgehead atoms. The van der Waals surface area contributed by atoms with E-state index >= 15 is 0 Å². The summed E-state index contributed by atoms with van der Waals surface area (Å²) in [5.41, 5.74) is 0.825. The van der Waals surface area contributed by atoms with E-state index in [1.807, 2.05) is 36.6 Å². The lowest BCUT2D eigenvalue weighted by Crippen LogP contribution is -2.12. The van der Waals surface area contributed by atoms with Gasteiger partial charge in [0.25, 0.3) is 0 Å². The summed E-state index contributed by atoms with van der Waals surface area (Å²) in [5, 5.41) is 8.95. The Bertz CT molecular complexity index is 484. The van der Waals surface area contributed by atoms with Crippen LogP contribution in [0, 0.1) is 11.3 Å². The van der Waals surface area contributed by atoms with Gasteiger partial charge in [-0.05, 0) is 43.9 Å². The van der Waals surface area contributed by atoms with Gasteiger partial charge in [0.1, 0.15) is 11.6 Å². The molecule has 1 aromatic rings. The molecule has 0 spiro atoms. The van der Waals surface area contributed by atoms with Gasteiger partial charge in [0, 0.05) is 4.90 Å². The second-order valence-corrected chi connectivity index (χ2v) is 4.78. The van der Waals surface area contributed by atoms with Crippen LogP contribution in [-0.2, 0) is 9.53 Å². The van der Waals surface area contributed by atoms with Gasteiger partial charge in [0.05, 0.1) is 6.10 Å². The van der Waals surface area contributed by atoms with Crippen LogP contribution in [0.5, 0.6) is 0 Å². The van der Waals surface area contributed by atoms with Gasteiger partial charge < -0.3 is 4.74 Å². The van der Waals surface area contributed by atoms with Crippen LogP contribution in [0.1, 0.15) is 19.4 Å². The monoisotopic (exact) mass is 261 g/mol. The molecule has 0 fully saturated rings. The average Bonchev–Trinajstić information content (AvgIpc) is 2.35. The second-order valence-electron chi connectivity index (χ2n) is 3.90. The van der Waals surface area contributed by atoms with Crippen LogP contribution in [0.15, 0.2) is 34.7 Å². The van der Waals surface area contributed by atoms with Crippen LogP contribution in [-0.4, -0.2) is 18.3 Å². The SMILES string of the molecule is CSc1ccc(C=C(C#N)C(=O)OC(C)C)cc1. The van der Waals surface area contributed by atoms with Crippen LogP contribution in [0.4, 0.5) is 0 Å². The van der Waals surface area contributed by atoms with Gasteiger partial charge in [-0.15, -0.1) is 11.8 Å². The van der Waals surface area contributed by atoms with Gasteiger partial charge in [-0.3, -0.25) is 0 Å². The quantitative estimate of drug-likeness (QED) is 0.361. The normalized spacial score (nSPS) is 11.2. The molecule has 0 aromatic heterocycles. The molecule has 0 heterocycles. The van der Waals surface area contributed by atoms with Crippen molar-refractivity contribution in [1.82, 2.24) is 0 Å². The number of nitrogens with zero attached hydrogens (tertiary/aromatic N) is 1. The number of nitriles is 1. The predicted octanol–water partition coefficient (Wildman–Crippen LogP) is 3.27. The summed E-state index contributed by atoms with van der Waals surface area (Å²) < 4.78 is 4.99. The molecule has 0 saturated carbocycles. The molecule has 0 radical (unpaired) electrons. The zero-order valence-electron chi connectivity index (χ0n) is 10.6. The lowest BCUT2D eigenvalue weighted by Gasteiger charge is -2.06. The van der Waals surface area contributed by atoms with Gasteiger partial charge in [0.15, 0.2) is 0 Å². The van der Waals surface area contributed by atoms with Crippen molar-refractivity contribution in [2.75, 3.05) is 6.26 Å². The van der Waals surface area contributed by atoms with Gasteiger partial charge in [0.2, 0.25) is 0 Å². The summed E-state index contributed by atoms with van der Waals surface area (Å²) in [4.78, 5) is 12.7. The van der Waals surface area contributed by atoms with E-state index in [2.05, 4.69) is 0 Å². The number of carbonyl (C=O) groups is 1. The summed E-state index contributed by atoms with van der Waals surface area (Å²) in [6.45, 7) is 3.50. The fourth-order valence-electron chi connectivity index (χ4n) is 1.28. The number of hydrogen-bond acceptors (Lipinski definition) is 4. The zero-order valence-corrected chi connectivity index (χ0v) is 11.5. The lowest BCUT2D eigenvalue weighted by atomic mass is 10.1. The van der Waals surface area contributed by atoms with Gasteiger partial charge in [-0.2, -0.15) is 5.26 Å². The Hall–Kier alpha value is -1.73. The van der Waals surface area contributed by atoms with Crippen LogP contribution < -0.4 is 0 Å². The minimum atomic E-state index is -0.582. The maximum Gasteiger partial charge on any atom is 0.349 e. The molecule has 94 valence electrons. The number of thioether (sulfide) groups is 1. The molecule has 0 N–H and O–H groups in total. The maximum atomic E-state index is 11.6. The smallest absolute Gasteiger partial charge is 0.349 e. The van der Waals surface area contributed by atoms with Gasteiger partial charge >= 0.3 is 5.97 Å². The van der Waals surface area contributed by atoms with E-state index < -0.39 is 5.97 Å². The van der Waals surface area contributed by atoms with E-state index in [0.29, 0.717) is 0 Å². The third-order valence-corrected chi connectivity index (χ3v) is 2.85. The standard InChI is InChI=1S/C14H15NO2S/c1-10(2)17-14(16)12(9-15)8-11-4-6-13(18-3)7-5-11/h4-8,10H,1-3H3. The van der Waals surface area contributed by atoms with Crippen molar-refractivity contribution in [1.29, 1.82) is 5.26 Å². The summed E-state index contributed by atoms with van der Waals surface area (Å²) in [6.07, 6.45) is 3.30. The predicted molar refractivity (Wildman–Crippen MR) is 73.0 cm³/mol. The Morgan fingerprint density at radius 1 is 1.39 bits per heavy atom. The molecule has 0 saturated heterocycles.